The molecule has 0 saturated heterocycles. The summed E-state index contributed by atoms with van der Waals surface area (Å²) in [5, 5.41) is 7.08. The molecule has 0 bridgehead atoms. The van der Waals surface area contributed by atoms with Crippen molar-refractivity contribution in [2.24, 2.45) is 5.10 Å². The zero-order valence-corrected chi connectivity index (χ0v) is 12.5. The summed E-state index contributed by atoms with van der Waals surface area (Å²) >= 11 is 11.7. The number of rotatable bonds is 3. The van der Waals surface area contributed by atoms with Crippen LogP contribution in [0, 0.1) is 0 Å². The molecule has 0 spiro atoms. The van der Waals surface area contributed by atoms with Crippen LogP contribution in [-0.2, 0) is 6.54 Å². The fourth-order valence-corrected chi connectivity index (χ4v) is 2.21. The standard InChI is InChI=1S/C13H12Cl2F3N3/c1-7(9-6-20-21-12(9)13(16,17)18)19-5-8-2-3-10(14)11(15)4-8/h2-4,19-20H,5-6H2,1H3. The Balaban J connectivity index is 2.10. The SMILES string of the molecule is CC(NCc1ccc(Cl)c(Cl)c1)=C1CNN=C1C(F)(F)F. The Bertz CT molecular complexity index is 609. The van der Waals surface area contributed by atoms with Crippen molar-refractivity contribution in [2.45, 2.75) is 19.6 Å². The van der Waals surface area contributed by atoms with E-state index in [9.17, 15) is 13.2 Å². The largest absolute Gasteiger partial charge is 0.435 e. The maximum atomic E-state index is 12.8. The van der Waals surface area contributed by atoms with E-state index in [1.807, 2.05) is 0 Å². The molecule has 2 N–H and O–H groups in total. The minimum absolute atomic E-state index is 0.0506. The number of hydrazone groups is 1. The van der Waals surface area contributed by atoms with Crippen LogP contribution in [0.25, 0.3) is 0 Å². The molecule has 0 amide bonds. The van der Waals surface area contributed by atoms with Crippen LogP contribution in [0.4, 0.5) is 13.2 Å². The molecule has 1 aliphatic rings. The van der Waals surface area contributed by atoms with E-state index < -0.39 is 11.9 Å². The molecule has 1 aromatic carbocycles. The highest BCUT2D eigenvalue weighted by Crippen LogP contribution is 2.26. The first-order valence-corrected chi connectivity index (χ1v) is 6.80. The van der Waals surface area contributed by atoms with Crippen LogP contribution in [0.5, 0.6) is 0 Å². The second kappa shape index (κ2) is 6.15. The first-order valence-electron chi connectivity index (χ1n) is 6.04. The monoisotopic (exact) mass is 337 g/mol. The Labute approximate surface area is 129 Å². The summed E-state index contributed by atoms with van der Waals surface area (Å²) in [6.07, 6.45) is -4.47. The summed E-state index contributed by atoms with van der Waals surface area (Å²) < 4.78 is 38.3. The summed E-state index contributed by atoms with van der Waals surface area (Å²) in [4.78, 5) is 0. The average molecular weight is 338 g/mol. The number of hydrogen-bond acceptors (Lipinski definition) is 3. The van der Waals surface area contributed by atoms with Gasteiger partial charge in [0.15, 0.2) is 5.71 Å². The summed E-state index contributed by atoms with van der Waals surface area (Å²) in [5.74, 6) is 0. The Hall–Kier alpha value is -1.40. The second-order valence-corrected chi connectivity index (χ2v) is 5.31. The third-order valence-electron chi connectivity index (χ3n) is 3.00. The lowest BCUT2D eigenvalue weighted by atomic mass is 10.1. The van der Waals surface area contributed by atoms with Crippen LogP contribution in [0.3, 0.4) is 0 Å². The quantitative estimate of drug-likeness (QED) is 0.878. The molecule has 1 aromatic rings. The van der Waals surface area contributed by atoms with Crippen molar-refractivity contribution >= 4 is 28.9 Å². The lowest BCUT2D eigenvalue weighted by Gasteiger charge is -2.13. The average Bonchev–Trinajstić information content (AvgIpc) is 2.89. The number of halogens is 5. The molecule has 2 rings (SSSR count). The van der Waals surface area contributed by atoms with E-state index in [2.05, 4.69) is 15.8 Å². The van der Waals surface area contributed by atoms with Gasteiger partial charge in [-0.3, -0.25) is 0 Å². The third-order valence-corrected chi connectivity index (χ3v) is 3.73. The number of hydrogen-bond donors (Lipinski definition) is 2. The first kappa shape index (κ1) is 16.0. The van der Waals surface area contributed by atoms with Crippen molar-refractivity contribution in [3.8, 4) is 0 Å². The molecule has 0 unspecified atom stereocenters. The summed E-state index contributed by atoms with van der Waals surface area (Å²) in [6, 6.07) is 5.06. The van der Waals surface area contributed by atoms with Gasteiger partial charge in [-0.25, -0.2) is 0 Å². The van der Waals surface area contributed by atoms with E-state index in [1.54, 1.807) is 25.1 Å². The fourth-order valence-electron chi connectivity index (χ4n) is 1.88. The molecular formula is C13H12Cl2F3N3. The van der Waals surface area contributed by atoms with Gasteiger partial charge in [0.05, 0.1) is 16.6 Å². The topological polar surface area (TPSA) is 36.4 Å². The van der Waals surface area contributed by atoms with Gasteiger partial charge in [-0.15, -0.1) is 0 Å². The normalized spacial score (nSPS) is 17.3. The Kier molecular flexibility index (Phi) is 4.68. The molecule has 0 atom stereocenters. The summed E-state index contributed by atoms with van der Waals surface area (Å²) in [7, 11) is 0. The van der Waals surface area contributed by atoms with Crippen molar-refractivity contribution in [3.05, 3.63) is 45.1 Å². The van der Waals surface area contributed by atoms with Crippen molar-refractivity contribution in [1.82, 2.24) is 10.7 Å². The maximum absolute atomic E-state index is 12.8. The molecule has 21 heavy (non-hydrogen) atoms. The van der Waals surface area contributed by atoms with Crippen LogP contribution in [0.15, 0.2) is 34.6 Å². The van der Waals surface area contributed by atoms with Crippen molar-refractivity contribution in [1.29, 1.82) is 0 Å². The van der Waals surface area contributed by atoms with Crippen LogP contribution in [-0.4, -0.2) is 18.4 Å². The molecule has 1 aliphatic heterocycles. The van der Waals surface area contributed by atoms with E-state index in [-0.39, 0.29) is 12.1 Å². The van der Waals surface area contributed by atoms with Gasteiger partial charge in [0.1, 0.15) is 0 Å². The van der Waals surface area contributed by atoms with E-state index in [1.165, 1.54) is 0 Å². The van der Waals surface area contributed by atoms with E-state index in [0.29, 0.717) is 22.3 Å². The van der Waals surface area contributed by atoms with Gasteiger partial charge >= 0.3 is 6.18 Å². The molecule has 0 saturated carbocycles. The predicted molar refractivity (Wildman–Crippen MR) is 77.5 cm³/mol. The van der Waals surface area contributed by atoms with E-state index >= 15 is 0 Å². The van der Waals surface area contributed by atoms with Gasteiger partial charge in [0, 0.05) is 17.8 Å². The Morgan fingerprint density at radius 3 is 2.67 bits per heavy atom. The number of benzene rings is 1. The number of allylic oxidation sites excluding steroid dienone is 1. The second-order valence-electron chi connectivity index (χ2n) is 4.50. The van der Waals surface area contributed by atoms with Crippen LogP contribution in [0.1, 0.15) is 12.5 Å². The van der Waals surface area contributed by atoms with Gasteiger partial charge in [-0.05, 0) is 24.6 Å². The molecule has 3 nitrogen and oxygen atoms in total. The number of nitrogens with zero attached hydrogens (tertiary/aromatic N) is 1. The maximum Gasteiger partial charge on any atom is 0.435 e. The summed E-state index contributed by atoms with van der Waals surface area (Å²) in [5.41, 5.74) is 2.82. The van der Waals surface area contributed by atoms with Crippen molar-refractivity contribution in [3.63, 3.8) is 0 Å². The van der Waals surface area contributed by atoms with Crippen molar-refractivity contribution in [2.75, 3.05) is 6.54 Å². The Morgan fingerprint density at radius 1 is 1.33 bits per heavy atom. The molecule has 8 heteroatoms. The van der Waals surface area contributed by atoms with Crippen LogP contribution < -0.4 is 10.7 Å². The number of nitrogens with one attached hydrogen (secondary N) is 2. The molecule has 0 fully saturated rings. The lowest BCUT2D eigenvalue weighted by molar-refractivity contribution is -0.0581. The highest BCUT2D eigenvalue weighted by atomic mass is 35.5. The fraction of sp³-hybridized carbons (Fsp3) is 0.308. The molecule has 0 radical (unpaired) electrons. The predicted octanol–water partition coefficient (Wildman–Crippen LogP) is 3.88. The molecule has 1 heterocycles. The van der Waals surface area contributed by atoms with Gasteiger partial charge in [0.25, 0.3) is 0 Å². The molecular weight excluding hydrogens is 326 g/mol. The zero-order chi connectivity index (χ0) is 15.6. The number of alkyl halides is 3. The van der Waals surface area contributed by atoms with Crippen LogP contribution in [0.2, 0.25) is 10.0 Å². The highest BCUT2D eigenvalue weighted by Gasteiger charge is 2.41. The highest BCUT2D eigenvalue weighted by molar-refractivity contribution is 6.42. The van der Waals surface area contributed by atoms with Gasteiger partial charge in [0.2, 0.25) is 0 Å². The van der Waals surface area contributed by atoms with E-state index in [0.717, 1.165) is 5.56 Å². The minimum Gasteiger partial charge on any atom is -0.384 e. The molecule has 114 valence electrons. The van der Waals surface area contributed by atoms with E-state index in [4.69, 9.17) is 23.2 Å². The lowest BCUT2D eigenvalue weighted by Crippen LogP contribution is -2.26. The van der Waals surface area contributed by atoms with Crippen molar-refractivity contribution < 1.29 is 13.2 Å². The van der Waals surface area contributed by atoms with Crippen LogP contribution >= 0.6 is 23.2 Å². The summed E-state index contributed by atoms with van der Waals surface area (Å²) in [6.45, 7) is 1.98. The molecule has 0 aromatic heterocycles. The van der Waals surface area contributed by atoms with Gasteiger partial charge in [-0.1, -0.05) is 29.3 Å². The Morgan fingerprint density at radius 2 is 2.05 bits per heavy atom. The first-order chi connectivity index (χ1) is 9.79. The van der Waals surface area contributed by atoms with Gasteiger partial charge in [-0.2, -0.15) is 18.3 Å². The van der Waals surface area contributed by atoms with Gasteiger partial charge < -0.3 is 10.7 Å². The smallest absolute Gasteiger partial charge is 0.384 e. The molecule has 0 aliphatic carbocycles. The zero-order valence-electron chi connectivity index (χ0n) is 11.0. The third kappa shape index (κ3) is 3.83. The minimum atomic E-state index is -4.47.